The van der Waals surface area contributed by atoms with Crippen molar-refractivity contribution in [2.45, 2.75) is 32.2 Å². The summed E-state index contributed by atoms with van der Waals surface area (Å²) in [6, 6.07) is 9.91. The zero-order valence-electron chi connectivity index (χ0n) is 11.7. The van der Waals surface area contributed by atoms with Crippen molar-refractivity contribution in [3.05, 3.63) is 35.9 Å². The highest BCUT2D eigenvalue weighted by molar-refractivity contribution is 5.66. The van der Waals surface area contributed by atoms with E-state index in [2.05, 4.69) is 0 Å². The molecule has 0 aromatic heterocycles. The van der Waals surface area contributed by atoms with Crippen LogP contribution in [-0.2, 0) is 19.0 Å². The zero-order valence-corrected chi connectivity index (χ0v) is 11.7. The van der Waals surface area contributed by atoms with Gasteiger partial charge in [-0.15, -0.1) is 0 Å². The summed E-state index contributed by atoms with van der Waals surface area (Å²) in [5, 5.41) is 0. The van der Waals surface area contributed by atoms with Crippen LogP contribution in [0.25, 0.3) is 0 Å². The summed E-state index contributed by atoms with van der Waals surface area (Å²) in [5.41, 5.74) is 1.03. The number of hydrogen-bond acceptors (Lipinski definition) is 4. The van der Waals surface area contributed by atoms with E-state index in [-0.39, 0.29) is 24.3 Å². The molecule has 0 spiro atoms. The number of rotatable bonds is 3. The number of benzene rings is 1. The third-order valence-electron chi connectivity index (χ3n) is 4.13. The Balaban J connectivity index is 1.84. The highest BCUT2D eigenvalue weighted by atomic mass is 16.7. The second kappa shape index (κ2) is 5.94. The van der Waals surface area contributed by atoms with Gasteiger partial charge in [-0.2, -0.15) is 0 Å². The quantitative estimate of drug-likeness (QED) is 0.796. The first-order valence-electron chi connectivity index (χ1n) is 7.21. The van der Waals surface area contributed by atoms with Crippen molar-refractivity contribution in [1.82, 2.24) is 0 Å². The average molecular weight is 276 g/mol. The van der Waals surface area contributed by atoms with Gasteiger partial charge >= 0.3 is 5.97 Å². The summed E-state index contributed by atoms with van der Waals surface area (Å²) in [7, 11) is 0. The topological polar surface area (TPSA) is 44.8 Å². The average Bonchev–Trinajstić information content (AvgIpc) is 2.89. The Hall–Kier alpha value is -1.39. The van der Waals surface area contributed by atoms with Gasteiger partial charge in [0.1, 0.15) is 6.10 Å². The molecule has 4 nitrogen and oxygen atoms in total. The molecule has 0 saturated carbocycles. The van der Waals surface area contributed by atoms with Gasteiger partial charge in [-0.05, 0) is 18.4 Å². The van der Waals surface area contributed by atoms with Crippen LogP contribution in [0.3, 0.4) is 0 Å². The molecule has 20 heavy (non-hydrogen) atoms. The molecule has 0 bridgehead atoms. The maximum Gasteiger partial charge on any atom is 0.303 e. The molecule has 108 valence electrons. The van der Waals surface area contributed by atoms with Crippen molar-refractivity contribution in [3.63, 3.8) is 0 Å². The summed E-state index contributed by atoms with van der Waals surface area (Å²) >= 11 is 0. The minimum Gasteiger partial charge on any atom is -0.457 e. The predicted octanol–water partition coefficient (Wildman–Crippen LogP) is 2.69. The highest BCUT2D eigenvalue weighted by Gasteiger charge is 2.45. The van der Waals surface area contributed by atoms with Gasteiger partial charge in [0.2, 0.25) is 0 Å². The Morgan fingerprint density at radius 2 is 2.10 bits per heavy atom. The predicted molar refractivity (Wildman–Crippen MR) is 72.9 cm³/mol. The molecule has 2 aliphatic rings. The largest absolute Gasteiger partial charge is 0.457 e. The fraction of sp³-hybridized carbons (Fsp3) is 0.562. The summed E-state index contributed by atoms with van der Waals surface area (Å²) in [4.78, 5) is 11.4. The molecule has 2 aliphatic heterocycles. The Bertz CT molecular complexity index is 459. The molecular formula is C16H20O4. The third-order valence-corrected chi connectivity index (χ3v) is 4.13. The second-order valence-corrected chi connectivity index (χ2v) is 5.48. The lowest BCUT2D eigenvalue weighted by molar-refractivity contribution is -0.157. The van der Waals surface area contributed by atoms with Crippen LogP contribution in [-0.4, -0.2) is 25.5 Å². The van der Waals surface area contributed by atoms with Gasteiger partial charge in [-0.25, -0.2) is 0 Å². The van der Waals surface area contributed by atoms with E-state index in [4.69, 9.17) is 14.2 Å². The molecule has 4 atom stereocenters. The van der Waals surface area contributed by atoms with Crippen molar-refractivity contribution >= 4 is 5.97 Å². The standard InChI is InChI=1S/C16H20O4/c1-11(17)20-15(12-6-3-2-4-7-12)14-10-19-16-13(14)8-5-9-18-16/h2-4,6-7,13-16H,5,8-10H2,1H3/t13-,14-,15+,16+/m0/s1. The lowest BCUT2D eigenvalue weighted by Gasteiger charge is -2.31. The van der Waals surface area contributed by atoms with Crippen LogP contribution in [0.4, 0.5) is 0 Å². The minimum absolute atomic E-state index is 0.129. The van der Waals surface area contributed by atoms with Crippen molar-refractivity contribution < 1.29 is 19.0 Å². The molecule has 2 saturated heterocycles. The monoisotopic (exact) mass is 276 g/mol. The number of carbonyl (C=O) groups excluding carboxylic acids is 1. The molecule has 1 aromatic carbocycles. The zero-order chi connectivity index (χ0) is 13.9. The molecule has 0 amide bonds. The highest BCUT2D eigenvalue weighted by Crippen LogP contribution is 2.43. The van der Waals surface area contributed by atoms with Crippen LogP contribution in [0.2, 0.25) is 0 Å². The number of hydrogen-bond donors (Lipinski definition) is 0. The smallest absolute Gasteiger partial charge is 0.303 e. The van der Waals surface area contributed by atoms with E-state index in [0.717, 1.165) is 25.0 Å². The number of esters is 1. The first kappa shape index (κ1) is 13.6. The van der Waals surface area contributed by atoms with Crippen LogP contribution < -0.4 is 0 Å². The van der Waals surface area contributed by atoms with Crippen molar-refractivity contribution in [1.29, 1.82) is 0 Å². The van der Waals surface area contributed by atoms with E-state index in [1.807, 2.05) is 30.3 Å². The van der Waals surface area contributed by atoms with Gasteiger partial charge in [0.05, 0.1) is 6.61 Å². The maximum atomic E-state index is 11.4. The molecule has 3 rings (SSSR count). The second-order valence-electron chi connectivity index (χ2n) is 5.48. The van der Waals surface area contributed by atoms with Crippen LogP contribution in [0.1, 0.15) is 31.4 Å². The molecule has 0 radical (unpaired) electrons. The van der Waals surface area contributed by atoms with E-state index in [9.17, 15) is 4.79 Å². The maximum absolute atomic E-state index is 11.4. The van der Waals surface area contributed by atoms with E-state index in [0.29, 0.717) is 12.5 Å². The van der Waals surface area contributed by atoms with Gasteiger partial charge in [-0.3, -0.25) is 4.79 Å². The molecule has 2 heterocycles. The Morgan fingerprint density at radius 1 is 1.30 bits per heavy atom. The fourth-order valence-corrected chi connectivity index (χ4v) is 3.23. The molecule has 0 aliphatic carbocycles. The van der Waals surface area contributed by atoms with Crippen molar-refractivity contribution in [2.24, 2.45) is 11.8 Å². The number of carbonyl (C=O) groups is 1. The number of fused-ring (bicyclic) bond motifs is 1. The van der Waals surface area contributed by atoms with E-state index >= 15 is 0 Å². The van der Waals surface area contributed by atoms with Crippen molar-refractivity contribution in [3.8, 4) is 0 Å². The molecule has 0 unspecified atom stereocenters. The van der Waals surface area contributed by atoms with E-state index in [1.165, 1.54) is 6.92 Å². The summed E-state index contributed by atoms with van der Waals surface area (Å²) in [5.74, 6) is 0.235. The van der Waals surface area contributed by atoms with Crippen LogP contribution >= 0.6 is 0 Å². The third kappa shape index (κ3) is 2.72. The first-order valence-corrected chi connectivity index (χ1v) is 7.21. The van der Waals surface area contributed by atoms with Crippen LogP contribution in [0, 0.1) is 11.8 Å². The SMILES string of the molecule is CC(=O)O[C@H](c1ccccc1)[C@H]1CO[C@H]2OCCC[C@H]21. The summed E-state index contributed by atoms with van der Waals surface area (Å²) < 4.78 is 17.0. The van der Waals surface area contributed by atoms with Gasteiger partial charge in [0, 0.05) is 25.4 Å². The normalized spacial score (nSPS) is 30.6. The van der Waals surface area contributed by atoms with Gasteiger partial charge < -0.3 is 14.2 Å². The molecule has 2 fully saturated rings. The Kier molecular flexibility index (Phi) is 4.03. The first-order chi connectivity index (χ1) is 9.75. The van der Waals surface area contributed by atoms with Crippen LogP contribution in [0.15, 0.2) is 30.3 Å². The summed E-state index contributed by atoms with van der Waals surface area (Å²) in [6.07, 6.45) is 1.74. The van der Waals surface area contributed by atoms with Crippen LogP contribution in [0.5, 0.6) is 0 Å². The molecule has 0 N–H and O–H groups in total. The van der Waals surface area contributed by atoms with E-state index in [1.54, 1.807) is 0 Å². The lowest BCUT2D eigenvalue weighted by atomic mass is 9.82. The van der Waals surface area contributed by atoms with Gasteiger partial charge in [0.25, 0.3) is 0 Å². The molecule has 4 heteroatoms. The van der Waals surface area contributed by atoms with Gasteiger partial charge in [-0.1, -0.05) is 30.3 Å². The Labute approximate surface area is 119 Å². The summed E-state index contributed by atoms with van der Waals surface area (Å²) in [6.45, 7) is 2.81. The fourth-order valence-electron chi connectivity index (χ4n) is 3.23. The number of ether oxygens (including phenoxy) is 3. The Morgan fingerprint density at radius 3 is 2.85 bits per heavy atom. The molecular weight excluding hydrogens is 256 g/mol. The molecule has 1 aromatic rings. The van der Waals surface area contributed by atoms with Crippen molar-refractivity contribution in [2.75, 3.05) is 13.2 Å². The van der Waals surface area contributed by atoms with Gasteiger partial charge in [0.15, 0.2) is 6.29 Å². The van der Waals surface area contributed by atoms with E-state index < -0.39 is 0 Å². The lowest BCUT2D eigenvalue weighted by Crippen LogP contribution is -2.32. The minimum atomic E-state index is -0.251.